The number of nitrogens with zero attached hydrogens (tertiary/aromatic N) is 1. The summed E-state index contributed by atoms with van der Waals surface area (Å²) in [4.78, 5) is 12.9. The fourth-order valence-corrected chi connectivity index (χ4v) is 5.58. The number of para-hydroxylation sites is 1. The molecule has 182 valence electrons. The zero-order valence-electron chi connectivity index (χ0n) is 19.8. The van der Waals surface area contributed by atoms with Crippen LogP contribution in [0.4, 0.5) is 19.3 Å². The number of quaternary nitrogens is 1. The Balaban J connectivity index is 1.20. The summed E-state index contributed by atoms with van der Waals surface area (Å²) in [6.07, 6.45) is 3.07. The molecule has 3 aliphatic rings. The molecule has 6 heteroatoms. The van der Waals surface area contributed by atoms with Crippen LogP contribution in [0.15, 0.2) is 72.8 Å². The Morgan fingerprint density at radius 3 is 2.20 bits per heavy atom. The zero-order chi connectivity index (χ0) is 24.3. The standard InChI is InChI=1S/C29H30F2N2O2/c30-25-9-5-21(6-10-25)13-16-33-17-14-23(15-18-33)28(20-33)35-29(34)32-27-4-2-1-3-24(27)19-22-7-11-26(31)12-8-22/h1-12,23,28H,13-20H2/p+1. The molecule has 1 unspecified atom stereocenters. The number of ether oxygens (including phenoxy) is 1. The lowest BCUT2D eigenvalue weighted by Gasteiger charge is -2.52. The fourth-order valence-electron chi connectivity index (χ4n) is 5.58. The van der Waals surface area contributed by atoms with Gasteiger partial charge in [0.25, 0.3) is 0 Å². The second kappa shape index (κ2) is 10.2. The Morgan fingerprint density at radius 1 is 0.886 bits per heavy atom. The minimum absolute atomic E-state index is 0.102. The first kappa shape index (κ1) is 23.5. The highest BCUT2D eigenvalue weighted by molar-refractivity contribution is 5.85. The van der Waals surface area contributed by atoms with Crippen molar-refractivity contribution in [3.05, 3.63) is 101 Å². The molecule has 3 aromatic rings. The van der Waals surface area contributed by atoms with Crippen molar-refractivity contribution >= 4 is 11.8 Å². The van der Waals surface area contributed by atoms with Crippen LogP contribution in [0.25, 0.3) is 0 Å². The maximum Gasteiger partial charge on any atom is 0.412 e. The molecule has 0 saturated carbocycles. The minimum Gasteiger partial charge on any atom is -0.440 e. The van der Waals surface area contributed by atoms with Crippen LogP contribution >= 0.6 is 0 Å². The molecular weight excluding hydrogens is 446 g/mol. The van der Waals surface area contributed by atoms with Crippen molar-refractivity contribution in [2.24, 2.45) is 5.92 Å². The number of piperidine rings is 3. The number of carbonyl (C=O) groups excluding carboxylic acids is 1. The van der Waals surface area contributed by atoms with Gasteiger partial charge >= 0.3 is 6.09 Å². The molecule has 2 bridgehead atoms. The van der Waals surface area contributed by atoms with Gasteiger partial charge in [0.2, 0.25) is 0 Å². The summed E-state index contributed by atoms with van der Waals surface area (Å²) < 4.78 is 33.4. The number of anilines is 1. The fraction of sp³-hybridized carbons (Fsp3) is 0.345. The average molecular weight is 478 g/mol. The molecule has 0 radical (unpaired) electrons. The van der Waals surface area contributed by atoms with E-state index in [0.717, 1.165) is 66.6 Å². The highest BCUT2D eigenvalue weighted by Gasteiger charge is 2.47. The molecule has 0 spiro atoms. The molecule has 3 aromatic carbocycles. The average Bonchev–Trinajstić information content (AvgIpc) is 2.87. The van der Waals surface area contributed by atoms with Gasteiger partial charge in [-0.15, -0.1) is 0 Å². The van der Waals surface area contributed by atoms with Gasteiger partial charge in [0.15, 0.2) is 6.10 Å². The van der Waals surface area contributed by atoms with E-state index in [4.69, 9.17) is 4.74 Å². The van der Waals surface area contributed by atoms with E-state index in [2.05, 4.69) is 5.32 Å². The largest absolute Gasteiger partial charge is 0.440 e. The Kier molecular flexibility index (Phi) is 6.82. The smallest absolute Gasteiger partial charge is 0.412 e. The Labute approximate surface area is 205 Å². The van der Waals surface area contributed by atoms with E-state index >= 15 is 0 Å². The van der Waals surface area contributed by atoms with Crippen LogP contribution < -0.4 is 5.32 Å². The summed E-state index contributed by atoms with van der Waals surface area (Å²) in [6, 6.07) is 20.8. The summed E-state index contributed by atoms with van der Waals surface area (Å²) in [5, 5.41) is 2.95. The molecule has 35 heavy (non-hydrogen) atoms. The third kappa shape index (κ3) is 5.70. The van der Waals surface area contributed by atoms with E-state index in [-0.39, 0.29) is 17.7 Å². The van der Waals surface area contributed by atoms with Gasteiger partial charge in [-0.3, -0.25) is 5.32 Å². The molecule has 6 rings (SSSR count). The van der Waals surface area contributed by atoms with E-state index in [9.17, 15) is 13.6 Å². The quantitative estimate of drug-likeness (QED) is 0.427. The van der Waals surface area contributed by atoms with Gasteiger partial charge in [0, 0.05) is 30.9 Å². The van der Waals surface area contributed by atoms with Crippen LogP contribution in [0.3, 0.4) is 0 Å². The number of amides is 1. The molecular formula is C29H31F2N2O2+. The van der Waals surface area contributed by atoms with Gasteiger partial charge in [-0.25, -0.2) is 13.6 Å². The predicted molar refractivity (Wildman–Crippen MR) is 132 cm³/mol. The number of nitrogens with one attached hydrogen (secondary N) is 1. The third-order valence-electron chi connectivity index (χ3n) is 7.65. The summed E-state index contributed by atoms with van der Waals surface area (Å²) in [5.74, 6) is -0.0707. The maximum atomic E-state index is 13.3. The van der Waals surface area contributed by atoms with E-state index in [1.54, 1.807) is 12.1 Å². The minimum atomic E-state index is -0.424. The van der Waals surface area contributed by atoms with Crippen molar-refractivity contribution in [2.45, 2.75) is 31.8 Å². The first-order valence-electron chi connectivity index (χ1n) is 12.4. The van der Waals surface area contributed by atoms with E-state index in [1.165, 1.54) is 24.3 Å². The van der Waals surface area contributed by atoms with Crippen LogP contribution in [0.5, 0.6) is 0 Å². The highest BCUT2D eigenvalue weighted by Crippen LogP contribution is 2.36. The van der Waals surface area contributed by atoms with Crippen molar-refractivity contribution in [1.29, 1.82) is 0 Å². The Bertz CT molecular complexity index is 1160. The molecule has 4 nitrogen and oxygen atoms in total. The van der Waals surface area contributed by atoms with Crippen LogP contribution in [0, 0.1) is 17.6 Å². The van der Waals surface area contributed by atoms with Crippen LogP contribution in [-0.4, -0.2) is 42.9 Å². The summed E-state index contributed by atoms with van der Waals surface area (Å²) in [6.45, 7) is 4.01. The summed E-state index contributed by atoms with van der Waals surface area (Å²) in [7, 11) is 0. The monoisotopic (exact) mass is 477 g/mol. The lowest BCUT2D eigenvalue weighted by molar-refractivity contribution is -0.945. The van der Waals surface area contributed by atoms with Gasteiger partial charge in [-0.2, -0.15) is 0 Å². The van der Waals surface area contributed by atoms with Crippen molar-refractivity contribution < 1.29 is 22.8 Å². The number of hydrogen-bond acceptors (Lipinski definition) is 2. The number of carbonyl (C=O) groups is 1. The van der Waals surface area contributed by atoms with Crippen molar-refractivity contribution in [3.8, 4) is 0 Å². The second-order valence-corrected chi connectivity index (χ2v) is 9.94. The number of halogens is 2. The summed E-state index contributed by atoms with van der Waals surface area (Å²) in [5.41, 5.74) is 3.77. The van der Waals surface area contributed by atoms with Crippen molar-refractivity contribution in [2.75, 3.05) is 31.5 Å². The predicted octanol–water partition coefficient (Wildman–Crippen LogP) is 5.96. The third-order valence-corrected chi connectivity index (χ3v) is 7.65. The topological polar surface area (TPSA) is 38.3 Å². The normalized spacial score (nSPS) is 23.1. The number of rotatable bonds is 7. The maximum absolute atomic E-state index is 13.3. The molecule has 3 fully saturated rings. The lowest BCUT2D eigenvalue weighted by Crippen LogP contribution is -2.65. The highest BCUT2D eigenvalue weighted by atomic mass is 19.1. The Hall–Kier alpha value is -3.25. The van der Waals surface area contributed by atoms with Gasteiger partial charge in [-0.1, -0.05) is 42.5 Å². The zero-order valence-corrected chi connectivity index (χ0v) is 19.8. The summed E-state index contributed by atoms with van der Waals surface area (Å²) >= 11 is 0. The molecule has 3 saturated heterocycles. The van der Waals surface area contributed by atoms with Crippen LogP contribution in [0.2, 0.25) is 0 Å². The van der Waals surface area contributed by atoms with Gasteiger partial charge < -0.3 is 9.22 Å². The van der Waals surface area contributed by atoms with Gasteiger partial charge in [0.1, 0.15) is 18.2 Å². The van der Waals surface area contributed by atoms with Gasteiger partial charge in [0.05, 0.1) is 19.6 Å². The number of benzene rings is 3. The van der Waals surface area contributed by atoms with E-state index < -0.39 is 6.09 Å². The van der Waals surface area contributed by atoms with E-state index in [0.29, 0.717) is 18.0 Å². The Morgan fingerprint density at radius 2 is 1.51 bits per heavy atom. The number of hydrogen-bond donors (Lipinski definition) is 1. The second-order valence-electron chi connectivity index (χ2n) is 9.94. The molecule has 1 N–H and O–H groups in total. The molecule has 3 aliphatic heterocycles. The number of fused-ring (bicyclic) bond motifs is 3. The molecule has 0 aromatic heterocycles. The molecule has 1 amide bonds. The van der Waals surface area contributed by atoms with E-state index in [1.807, 2.05) is 36.4 Å². The van der Waals surface area contributed by atoms with Crippen molar-refractivity contribution in [1.82, 2.24) is 0 Å². The van der Waals surface area contributed by atoms with Crippen LogP contribution in [-0.2, 0) is 17.6 Å². The van der Waals surface area contributed by atoms with Gasteiger partial charge in [-0.05, 0) is 53.4 Å². The van der Waals surface area contributed by atoms with Crippen molar-refractivity contribution in [3.63, 3.8) is 0 Å². The van der Waals surface area contributed by atoms with Crippen LogP contribution in [0.1, 0.15) is 29.5 Å². The first-order valence-corrected chi connectivity index (χ1v) is 12.4. The molecule has 3 heterocycles. The lowest BCUT2D eigenvalue weighted by atomic mass is 9.83. The SMILES string of the molecule is O=C(Nc1ccccc1Cc1ccc(F)cc1)OC1C[N+]2(CCc3ccc(F)cc3)CCC1CC2. The molecule has 0 aliphatic carbocycles. The molecule has 1 atom stereocenters. The first-order chi connectivity index (χ1) is 17.0.